The Bertz CT molecular complexity index is 1090. The molecule has 0 fully saturated rings. The fourth-order valence-corrected chi connectivity index (χ4v) is 4.05. The first-order valence-electron chi connectivity index (χ1n) is 9.89. The molecule has 1 N–H and O–H groups in total. The molecular formula is C23H27N3O2S. The molecule has 1 heterocycles. The van der Waals surface area contributed by atoms with E-state index in [0.717, 1.165) is 12.0 Å². The average molecular weight is 410 g/mol. The van der Waals surface area contributed by atoms with Gasteiger partial charge in [-0.25, -0.2) is 4.98 Å². The number of carbonyl (C=O) groups is 1. The van der Waals surface area contributed by atoms with Crippen LogP contribution in [-0.4, -0.2) is 21.2 Å². The molecular weight excluding hydrogens is 382 g/mol. The van der Waals surface area contributed by atoms with Crippen LogP contribution in [-0.2, 0) is 11.3 Å². The third kappa shape index (κ3) is 4.88. The maximum Gasteiger partial charge on any atom is 0.262 e. The molecule has 1 atom stereocenters. The third-order valence-electron chi connectivity index (χ3n) is 5.01. The minimum absolute atomic E-state index is 0.0520. The predicted octanol–water partition coefficient (Wildman–Crippen LogP) is 4.39. The summed E-state index contributed by atoms with van der Waals surface area (Å²) in [7, 11) is 0. The zero-order valence-electron chi connectivity index (χ0n) is 17.4. The summed E-state index contributed by atoms with van der Waals surface area (Å²) in [5.41, 5.74) is 4.14. The first kappa shape index (κ1) is 21.1. The van der Waals surface area contributed by atoms with E-state index in [1.807, 2.05) is 38.1 Å². The Labute approximate surface area is 175 Å². The summed E-state index contributed by atoms with van der Waals surface area (Å²) >= 11 is 1.31. The van der Waals surface area contributed by atoms with Crippen LogP contribution < -0.4 is 10.9 Å². The van der Waals surface area contributed by atoms with Crippen molar-refractivity contribution in [2.45, 2.75) is 51.9 Å². The van der Waals surface area contributed by atoms with Crippen molar-refractivity contribution in [3.63, 3.8) is 0 Å². The molecule has 0 saturated carbocycles. The first-order valence-corrected chi connectivity index (χ1v) is 10.9. The fourth-order valence-electron chi connectivity index (χ4n) is 3.21. The van der Waals surface area contributed by atoms with E-state index in [-0.39, 0.29) is 23.3 Å². The van der Waals surface area contributed by atoms with E-state index in [1.165, 1.54) is 22.9 Å². The Hall–Kier alpha value is -2.60. The van der Waals surface area contributed by atoms with Crippen LogP contribution in [0.2, 0.25) is 0 Å². The molecule has 0 aliphatic rings. The minimum atomic E-state index is -0.0789. The van der Waals surface area contributed by atoms with Gasteiger partial charge in [-0.3, -0.25) is 14.2 Å². The van der Waals surface area contributed by atoms with Gasteiger partial charge in [0.15, 0.2) is 5.16 Å². The van der Waals surface area contributed by atoms with E-state index < -0.39 is 0 Å². The van der Waals surface area contributed by atoms with Crippen LogP contribution in [0.25, 0.3) is 10.9 Å². The van der Waals surface area contributed by atoms with Gasteiger partial charge < -0.3 is 5.32 Å². The largest absolute Gasteiger partial charge is 0.349 e. The number of fused-ring (bicyclic) bond motifs is 1. The quantitative estimate of drug-likeness (QED) is 0.464. The molecule has 0 aliphatic heterocycles. The number of para-hydroxylation sites is 1. The highest BCUT2D eigenvalue weighted by atomic mass is 32.2. The van der Waals surface area contributed by atoms with Gasteiger partial charge in [-0.2, -0.15) is 0 Å². The van der Waals surface area contributed by atoms with Gasteiger partial charge in [0, 0.05) is 6.54 Å². The number of hydrogen-bond donors (Lipinski definition) is 1. The number of thioether (sulfide) groups is 1. The summed E-state index contributed by atoms with van der Waals surface area (Å²) in [6.07, 6.45) is 0.823. The van der Waals surface area contributed by atoms with Crippen molar-refractivity contribution in [3.05, 3.63) is 69.5 Å². The number of nitrogens with zero attached hydrogens (tertiary/aromatic N) is 2. The topological polar surface area (TPSA) is 64.0 Å². The molecule has 0 unspecified atom stereocenters. The lowest BCUT2D eigenvalue weighted by Gasteiger charge is -2.16. The van der Waals surface area contributed by atoms with E-state index in [9.17, 15) is 9.59 Å². The summed E-state index contributed by atoms with van der Waals surface area (Å²) in [5.74, 6) is 0.134. The molecule has 5 nitrogen and oxygen atoms in total. The van der Waals surface area contributed by atoms with Crippen LogP contribution in [0.5, 0.6) is 0 Å². The Morgan fingerprint density at radius 3 is 2.66 bits per heavy atom. The SMILES string of the molecule is CCCn1c(SCC(=O)N[C@H](C)c2ccc(C)c(C)c2)nc2ccccc2c1=O. The zero-order chi connectivity index (χ0) is 21.0. The van der Waals surface area contributed by atoms with Crippen LogP contribution in [0.1, 0.15) is 43.0 Å². The monoisotopic (exact) mass is 409 g/mol. The maximum atomic E-state index is 12.8. The molecule has 1 amide bonds. The van der Waals surface area contributed by atoms with Gasteiger partial charge in [0.2, 0.25) is 5.91 Å². The van der Waals surface area contributed by atoms with Gasteiger partial charge in [0.1, 0.15) is 0 Å². The Morgan fingerprint density at radius 2 is 1.93 bits per heavy atom. The van der Waals surface area contributed by atoms with Gasteiger partial charge in [0.25, 0.3) is 5.56 Å². The van der Waals surface area contributed by atoms with Gasteiger partial charge in [-0.15, -0.1) is 0 Å². The zero-order valence-corrected chi connectivity index (χ0v) is 18.2. The van der Waals surface area contributed by atoms with Crippen molar-refractivity contribution in [3.8, 4) is 0 Å². The number of aromatic nitrogens is 2. The molecule has 0 radical (unpaired) electrons. The average Bonchev–Trinajstić information content (AvgIpc) is 2.71. The van der Waals surface area contributed by atoms with E-state index >= 15 is 0 Å². The van der Waals surface area contributed by atoms with Crippen LogP contribution >= 0.6 is 11.8 Å². The molecule has 152 valence electrons. The van der Waals surface area contributed by atoms with E-state index in [0.29, 0.717) is 22.6 Å². The normalized spacial score (nSPS) is 12.1. The number of nitrogens with one attached hydrogen (secondary N) is 1. The van der Waals surface area contributed by atoms with Crippen molar-refractivity contribution in [1.82, 2.24) is 14.9 Å². The van der Waals surface area contributed by atoms with Gasteiger partial charge in [0.05, 0.1) is 22.7 Å². The van der Waals surface area contributed by atoms with Crippen molar-refractivity contribution in [2.75, 3.05) is 5.75 Å². The number of hydrogen-bond acceptors (Lipinski definition) is 4. The Kier molecular flexibility index (Phi) is 6.75. The molecule has 1 aromatic heterocycles. The highest BCUT2D eigenvalue weighted by Gasteiger charge is 2.15. The molecule has 29 heavy (non-hydrogen) atoms. The van der Waals surface area contributed by atoms with Crippen molar-refractivity contribution in [2.24, 2.45) is 0 Å². The Balaban J connectivity index is 1.74. The minimum Gasteiger partial charge on any atom is -0.349 e. The van der Waals surface area contributed by atoms with E-state index in [2.05, 4.69) is 36.3 Å². The second kappa shape index (κ2) is 9.27. The number of aryl methyl sites for hydroxylation is 2. The summed E-state index contributed by atoms with van der Waals surface area (Å²) in [4.78, 5) is 30.0. The molecule has 0 saturated heterocycles. The fraction of sp³-hybridized carbons (Fsp3) is 0.348. The smallest absolute Gasteiger partial charge is 0.262 e. The van der Waals surface area contributed by atoms with E-state index in [4.69, 9.17) is 0 Å². The van der Waals surface area contributed by atoms with Crippen LogP contribution in [0.15, 0.2) is 52.4 Å². The highest BCUT2D eigenvalue weighted by Crippen LogP contribution is 2.20. The van der Waals surface area contributed by atoms with Gasteiger partial charge in [-0.1, -0.05) is 49.0 Å². The summed E-state index contributed by atoms with van der Waals surface area (Å²) < 4.78 is 1.67. The van der Waals surface area contributed by atoms with Crippen LogP contribution in [0.4, 0.5) is 0 Å². The second-order valence-corrected chi connectivity index (χ2v) is 8.23. The van der Waals surface area contributed by atoms with Crippen molar-refractivity contribution in [1.29, 1.82) is 0 Å². The molecule has 0 spiro atoms. The number of rotatable bonds is 7. The lowest BCUT2D eigenvalue weighted by Crippen LogP contribution is -2.29. The Morgan fingerprint density at radius 1 is 1.17 bits per heavy atom. The van der Waals surface area contributed by atoms with Crippen LogP contribution in [0, 0.1) is 13.8 Å². The molecule has 3 aromatic rings. The summed E-state index contributed by atoms with van der Waals surface area (Å²) in [6, 6.07) is 13.5. The maximum absolute atomic E-state index is 12.8. The van der Waals surface area contributed by atoms with Gasteiger partial charge >= 0.3 is 0 Å². The number of carbonyl (C=O) groups excluding carboxylic acids is 1. The van der Waals surface area contributed by atoms with Crippen molar-refractivity contribution >= 4 is 28.6 Å². The molecule has 6 heteroatoms. The summed E-state index contributed by atoms with van der Waals surface area (Å²) in [5, 5.41) is 4.24. The predicted molar refractivity (Wildman–Crippen MR) is 119 cm³/mol. The van der Waals surface area contributed by atoms with E-state index in [1.54, 1.807) is 10.6 Å². The third-order valence-corrected chi connectivity index (χ3v) is 5.99. The molecule has 2 aromatic carbocycles. The van der Waals surface area contributed by atoms with Gasteiger partial charge in [-0.05, 0) is 56.0 Å². The molecule has 0 aliphatic carbocycles. The lowest BCUT2D eigenvalue weighted by atomic mass is 10.0. The van der Waals surface area contributed by atoms with Crippen molar-refractivity contribution < 1.29 is 4.79 Å². The van der Waals surface area contributed by atoms with Crippen LogP contribution in [0.3, 0.4) is 0 Å². The highest BCUT2D eigenvalue weighted by molar-refractivity contribution is 7.99. The molecule has 0 bridgehead atoms. The number of benzene rings is 2. The lowest BCUT2D eigenvalue weighted by molar-refractivity contribution is -0.119. The number of amides is 1. The first-order chi connectivity index (χ1) is 13.9. The standard InChI is InChI=1S/C23H27N3O2S/c1-5-12-26-22(28)19-8-6-7-9-20(19)25-23(26)29-14-21(27)24-17(4)18-11-10-15(2)16(3)13-18/h6-11,13,17H,5,12,14H2,1-4H3,(H,24,27)/t17-/m1/s1. The molecule has 3 rings (SSSR count). The second-order valence-electron chi connectivity index (χ2n) is 7.29. The summed E-state index contributed by atoms with van der Waals surface area (Å²) in [6.45, 7) is 8.73.